The molecule has 1 N–H and O–H groups in total. The van der Waals surface area contributed by atoms with Crippen molar-refractivity contribution in [2.45, 2.75) is 18.9 Å². The SMILES string of the molecule is [C-]#[N+]Cc1nc(CC#N)cc(C(C#N)c2nc3cc([N+]#[C-])c([N+]#[C-])cc3[nH]2)n1. The number of hydrogen-bond acceptors (Lipinski definition) is 5. The monoisotopic (exact) mass is 363 g/mol. The van der Waals surface area contributed by atoms with E-state index in [-0.39, 0.29) is 30.2 Å². The third-order valence-electron chi connectivity index (χ3n) is 3.86. The Balaban J connectivity index is 2.13. The van der Waals surface area contributed by atoms with Crippen LogP contribution in [0.5, 0.6) is 0 Å². The molecule has 1 atom stereocenters. The maximum absolute atomic E-state index is 9.71. The minimum absolute atomic E-state index is 0.0293. The molecule has 9 heteroatoms. The van der Waals surface area contributed by atoms with E-state index in [2.05, 4.69) is 40.5 Å². The fourth-order valence-corrected chi connectivity index (χ4v) is 2.67. The summed E-state index contributed by atoms with van der Waals surface area (Å²) in [6.07, 6.45) is 0.0293. The number of nitrogens with zero attached hydrogens (tertiary/aromatic N) is 8. The lowest BCUT2D eigenvalue weighted by molar-refractivity contribution is 0.833. The van der Waals surface area contributed by atoms with Gasteiger partial charge >= 0.3 is 0 Å². The summed E-state index contributed by atoms with van der Waals surface area (Å²) >= 11 is 0. The maximum Gasteiger partial charge on any atom is 0.273 e. The molecule has 0 saturated heterocycles. The molecule has 28 heavy (non-hydrogen) atoms. The van der Waals surface area contributed by atoms with Crippen molar-refractivity contribution in [2.24, 2.45) is 0 Å². The zero-order chi connectivity index (χ0) is 20.1. The van der Waals surface area contributed by atoms with Gasteiger partial charge in [-0.25, -0.2) is 21.5 Å². The van der Waals surface area contributed by atoms with Crippen LogP contribution < -0.4 is 0 Å². The van der Waals surface area contributed by atoms with Crippen LogP contribution in [0.1, 0.15) is 29.0 Å². The zero-order valence-electron chi connectivity index (χ0n) is 14.3. The molecule has 1 aromatic carbocycles. The summed E-state index contributed by atoms with van der Waals surface area (Å²) in [7, 11) is 0. The molecule has 2 heterocycles. The zero-order valence-corrected chi connectivity index (χ0v) is 14.3. The largest absolute Gasteiger partial charge is 0.342 e. The number of aromatic nitrogens is 4. The highest BCUT2D eigenvalue weighted by atomic mass is 15.0. The number of nitrogens with one attached hydrogen (secondary N) is 1. The molecular weight excluding hydrogens is 354 g/mol. The molecule has 2 aromatic heterocycles. The smallest absolute Gasteiger partial charge is 0.273 e. The Morgan fingerprint density at radius 2 is 1.79 bits per heavy atom. The first-order valence-electron chi connectivity index (χ1n) is 7.88. The number of aromatic amines is 1. The van der Waals surface area contributed by atoms with E-state index >= 15 is 0 Å². The second-order valence-electron chi connectivity index (χ2n) is 5.62. The first-order chi connectivity index (χ1) is 13.6. The van der Waals surface area contributed by atoms with Crippen LogP contribution >= 0.6 is 0 Å². The quantitative estimate of drug-likeness (QED) is 0.711. The van der Waals surface area contributed by atoms with Gasteiger partial charge in [-0.05, 0) is 18.2 Å². The van der Waals surface area contributed by atoms with Gasteiger partial charge in [-0.15, -0.1) is 0 Å². The molecule has 0 fully saturated rings. The Morgan fingerprint density at radius 3 is 2.43 bits per heavy atom. The van der Waals surface area contributed by atoms with Gasteiger partial charge < -0.3 is 9.83 Å². The van der Waals surface area contributed by atoms with Gasteiger partial charge in [-0.3, -0.25) is 9.69 Å². The number of nitriles is 2. The highest BCUT2D eigenvalue weighted by Crippen LogP contribution is 2.33. The van der Waals surface area contributed by atoms with Gasteiger partial charge in [0.05, 0.1) is 54.1 Å². The minimum atomic E-state index is -0.884. The summed E-state index contributed by atoms with van der Waals surface area (Å²) in [5.74, 6) is -0.351. The lowest BCUT2D eigenvalue weighted by Crippen LogP contribution is -2.08. The van der Waals surface area contributed by atoms with E-state index in [4.69, 9.17) is 25.0 Å². The van der Waals surface area contributed by atoms with Crippen LogP contribution in [0.25, 0.3) is 25.6 Å². The number of imidazole rings is 1. The highest BCUT2D eigenvalue weighted by molar-refractivity contribution is 5.88. The fourth-order valence-electron chi connectivity index (χ4n) is 2.67. The third-order valence-corrected chi connectivity index (χ3v) is 3.86. The summed E-state index contributed by atoms with van der Waals surface area (Å²) in [6, 6.07) is 8.68. The Bertz CT molecular complexity index is 1200. The number of H-pyrrole nitrogens is 1. The second-order valence-corrected chi connectivity index (χ2v) is 5.62. The summed E-state index contributed by atoms with van der Waals surface area (Å²) in [6.45, 7) is 21.3. The van der Waals surface area contributed by atoms with Gasteiger partial charge in [0.25, 0.3) is 6.54 Å². The van der Waals surface area contributed by atoms with E-state index in [9.17, 15) is 5.26 Å². The predicted molar refractivity (Wildman–Crippen MR) is 97.7 cm³/mol. The van der Waals surface area contributed by atoms with Gasteiger partial charge in [0, 0.05) is 0 Å². The van der Waals surface area contributed by atoms with Crippen LogP contribution in [0.3, 0.4) is 0 Å². The normalized spacial score (nSPS) is 10.8. The van der Waals surface area contributed by atoms with Gasteiger partial charge in [0.15, 0.2) is 11.4 Å². The first kappa shape index (κ1) is 18.0. The molecule has 130 valence electrons. The Hall–Kier alpha value is -4.78. The van der Waals surface area contributed by atoms with Gasteiger partial charge in [0.2, 0.25) is 5.82 Å². The van der Waals surface area contributed by atoms with Crippen LogP contribution in [0, 0.1) is 42.4 Å². The molecule has 0 saturated carbocycles. The average Bonchev–Trinajstić information content (AvgIpc) is 3.10. The van der Waals surface area contributed by atoms with E-state index in [1.807, 2.05) is 6.07 Å². The Labute approximate surface area is 160 Å². The van der Waals surface area contributed by atoms with E-state index in [1.165, 1.54) is 12.1 Å². The minimum Gasteiger partial charge on any atom is -0.342 e. The van der Waals surface area contributed by atoms with Crippen molar-refractivity contribution in [3.8, 4) is 12.1 Å². The second kappa shape index (κ2) is 7.63. The molecule has 0 aliphatic heterocycles. The third kappa shape index (κ3) is 3.31. The van der Waals surface area contributed by atoms with E-state index < -0.39 is 5.92 Å². The summed E-state index contributed by atoms with van der Waals surface area (Å²) in [4.78, 5) is 25.7. The number of fused-ring (bicyclic) bond motifs is 1. The molecule has 3 rings (SSSR count). The Kier molecular flexibility index (Phi) is 4.91. The number of hydrogen-bond donors (Lipinski definition) is 1. The predicted octanol–water partition coefficient (Wildman–Crippen LogP) is 3.60. The molecule has 0 aliphatic rings. The van der Waals surface area contributed by atoms with E-state index in [0.29, 0.717) is 28.2 Å². The molecule has 0 bridgehead atoms. The van der Waals surface area contributed by atoms with Crippen molar-refractivity contribution < 1.29 is 0 Å². The average molecular weight is 363 g/mol. The van der Waals surface area contributed by atoms with Gasteiger partial charge in [0.1, 0.15) is 11.7 Å². The van der Waals surface area contributed by atoms with Crippen molar-refractivity contribution >= 4 is 22.4 Å². The van der Waals surface area contributed by atoms with Crippen LogP contribution in [0.15, 0.2) is 18.2 Å². The van der Waals surface area contributed by atoms with Crippen molar-refractivity contribution in [1.29, 1.82) is 10.5 Å². The molecule has 0 aliphatic carbocycles. The van der Waals surface area contributed by atoms with Crippen molar-refractivity contribution in [1.82, 2.24) is 19.9 Å². The van der Waals surface area contributed by atoms with E-state index in [1.54, 1.807) is 6.07 Å². The maximum atomic E-state index is 9.71. The molecule has 0 amide bonds. The van der Waals surface area contributed by atoms with Gasteiger partial charge in [-0.2, -0.15) is 10.5 Å². The molecule has 0 radical (unpaired) electrons. The van der Waals surface area contributed by atoms with Crippen molar-refractivity contribution in [2.75, 3.05) is 0 Å². The molecule has 3 aromatic rings. The molecule has 9 nitrogen and oxygen atoms in total. The molecule has 1 unspecified atom stereocenters. The summed E-state index contributed by atoms with van der Waals surface area (Å²) in [5, 5.41) is 18.6. The lowest BCUT2D eigenvalue weighted by Gasteiger charge is -2.07. The van der Waals surface area contributed by atoms with Crippen molar-refractivity contribution in [3.05, 3.63) is 75.5 Å². The summed E-state index contributed by atoms with van der Waals surface area (Å²) < 4.78 is 0. The first-order valence-corrected chi connectivity index (χ1v) is 7.88. The van der Waals surface area contributed by atoms with E-state index in [0.717, 1.165) is 0 Å². The highest BCUT2D eigenvalue weighted by Gasteiger charge is 2.22. The standard InChI is InChI=1S/C19H9N9/c1-22-10-18-25-11(4-5-20)6-13(26-18)12(9-21)19-27-16-7-14(23-2)15(24-3)8-17(16)28-19/h6-8,12H,4,10H2,(H,27,28). The van der Waals surface area contributed by atoms with Crippen LogP contribution in [-0.2, 0) is 13.0 Å². The van der Waals surface area contributed by atoms with Crippen LogP contribution in [0.4, 0.5) is 11.4 Å². The van der Waals surface area contributed by atoms with Crippen molar-refractivity contribution in [3.63, 3.8) is 0 Å². The lowest BCUT2D eigenvalue weighted by atomic mass is 10.0. The summed E-state index contributed by atoms with van der Waals surface area (Å²) in [5.41, 5.74) is 2.13. The van der Waals surface area contributed by atoms with Gasteiger partial charge in [-0.1, -0.05) is 0 Å². The number of benzene rings is 1. The Morgan fingerprint density at radius 1 is 1.04 bits per heavy atom. The molecule has 0 spiro atoms. The van der Waals surface area contributed by atoms with Crippen LogP contribution in [-0.4, -0.2) is 19.9 Å². The number of rotatable bonds is 4. The topological polar surface area (TPSA) is 115 Å². The fraction of sp³-hybridized carbons (Fsp3) is 0.158. The van der Waals surface area contributed by atoms with Crippen LogP contribution in [0.2, 0.25) is 0 Å². The molecular formula is C19H9N9.